The zero-order valence-electron chi connectivity index (χ0n) is 18.7. The molecule has 1 atom stereocenters. The Labute approximate surface area is 179 Å². The second-order valence-corrected chi connectivity index (χ2v) is 8.78. The van der Waals surface area contributed by atoms with Gasteiger partial charge in [0.05, 0.1) is 6.54 Å². The monoisotopic (exact) mass is 418 g/mol. The average Bonchev–Trinajstić information content (AvgIpc) is 2.68. The Kier molecular flexibility index (Phi) is 8.03. The van der Waals surface area contributed by atoms with Gasteiger partial charge >= 0.3 is 12.1 Å². The molecule has 1 aliphatic rings. The van der Waals surface area contributed by atoms with E-state index >= 15 is 0 Å². The fourth-order valence-corrected chi connectivity index (χ4v) is 3.79. The molecule has 30 heavy (non-hydrogen) atoms. The maximum Gasteiger partial charge on any atom is 0.412 e. The first kappa shape index (κ1) is 23.9. The van der Waals surface area contributed by atoms with Crippen LogP contribution in [-0.2, 0) is 14.4 Å². The molecule has 166 valence electrons. The molecule has 0 radical (unpaired) electrons. The summed E-state index contributed by atoms with van der Waals surface area (Å²) in [5.41, 5.74) is 0.935. The minimum absolute atomic E-state index is 0.0306. The number of piperidine rings is 1. The molecule has 7 nitrogen and oxygen atoms in total. The topological polar surface area (TPSA) is 77.1 Å². The van der Waals surface area contributed by atoms with Crippen molar-refractivity contribution in [2.75, 3.05) is 13.2 Å². The molecule has 1 aromatic carbocycles. The lowest BCUT2D eigenvalue weighted by atomic mass is 9.82. The molecule has 1 saturated heterocycles. The van der Waals surface area contributed by atoms with Crippen molar-refractivity contribution in [1.82, 2.24) is 10.4 Å². The van der Waals surface area contributed by atoms with E-state index in [1.807, 2.05) is 19.1 Å². The largest absolute Gasteiger partial charge is 0.461 e. The van der Waals surface area contributed by atoms with Crippen LogP contribution in [-0.4, -0.2) is 41.4 Å². The van der Waals surface area contributed by atoms with Crippen molar-refractivity contribution in [2.45, 2.75) is 71.1 Å². The highest BCUT2D eigenvalue weighted by molar-refractivity contribution is 5.81. The normalized spacial score (nSPS) is 18.8. The molecule has 0 bridgehead atoms. The quantitative estimate of drug-likeness (QED) is 0.379. The van der Waals surface area contributed by atoms with Crippen LogP contribution in [0.15, 0.2) is 36.9 Å². The average molecular weight is 419 g/mol. The minimum atomic E-state index is -0.612. The number of nitrogens with one attached hydrogen (secondary N) is 1. The molecule has 1 N–H and O–H groups in total. The van der Waals surface area contributed by atoms with E-state index in [9.17, 15) is 9.59 Å². The summed E-state index contributed by atoms with van der Waals surface area (Å²) in [5.74, 6) is -0.112. The van der Waals surface area contributed by atoms with Gasteiger partial charge in [0.2, 0.25) is 0 Å². The van der Waals surface area contributed by atoms with Crippen LogP contribution in [0.3, 0.4) is 0 Å². The van der Waals surface area contributed by atoms with Gasteiger partial charge in [0.15, 0.2) is 0 Å². The van der Waals surface area contributed by atoms with Gasteiger partial charge in [0.25, 0.3) is 0 Å². The van der Waals surface area contributed by atoms with Crippen molar-refractivity contribution in [3.8, 4) is 5.75 Å². The Balaban J connectivity index is 1.88. The van der Waals surface area contributed by atoms with Gasteiger partial charge in [-0.2, -0.15) is 5.06 Å². The number of hydrogen-bond donors (Lipinski definition) is 1. The van der Waals surface area contributed by atoms with E-state index in [-0.39, 0.29) is 30.3 Å². The Morgan fingerprint density at radius 1 is 1.17 bits per heavy atom. The highest BCUT2D eigenvalue weighted by Crippen LogP contribution is 2.40. The number of ether oxygens (including phenoxy) is 2. The summed E-state index contributed by atoms with van der Waals surface area (Å²) >= 11 is 0. The van der Waals surface area contributed by atoms with Crippen LogP contribution in [0.2, 0.25) is 0 Å². The van der Waals surface area contributed by atoms with Crippen LogP contribution >= 0.6 is 0 Å². The predicted octanol–water partition coefficient (Wildman–Crippen LogP) is 4.54. The lowest BCUT2D eigenvalue weighted by molar-refractivity contribution is -0.304. The number of carbonyl (C=O) groups excluding carboxylic acids is 2. The Morgan fingerprint density at radius 2 is 1.77 bits per heavy atom. The minimum Gasteiger partial charge on any atom is -0.461 e. The Hall–Kier alpha value is -2.38. The van der Waals surface area contributed by atoms with Crippen LogP contribution in [0.1, 0.15) is 65.5 Å². The number of amides is 1. The summed E-state index contributed by atoms with van der Waals surface area (Å²) < 4.78 is 10.0. The van der Waals surface area contributed by atoms with Crippen molar-refractivity contribution in [1.29, 1.82) is 0 Å². The zero-order valence-corrected chi connectivity index (χ0v) is 18.7. The van der Waals surface area contributed by atoms with Crippen molar-refractivity contribution in [3.63, 3.8) is 0 Å². The Bertz CT molecular complexity index is 726. The van der Waals surface area contributed by atoms with Gasteiger partial charge in [0.1, 0.15) is 18.5 Å². The van der Waals surface area contributed by atoms with E-state index in [0.29, 0.717) is 5.75 Å². The second kappa shape index (κ2) is 10.1. The highest BCUT2D eigenvalue weighted by atomic mass is 16.7. The number of nitrogens with zero attached hydrogens (tertiary/aromatic N) is 1. The number of benzene rings is 1. The highest BCUT2D eigenvalue weighted by Gasteiger charge is 2.43. The zero-order chi connectivity index (χ0) is 22.4. The molecular formula is C23H34N2O5. The van der Waals surface area contributed by atoms with Gasteiger partial charge in [0, 0.05) is 17.2 Å². The maximum atomic E-state index is 11.8. The molecule has 0 aliphatic carbocycles. The SMILES string of the molecule is C=CC(=O)OCCNC(=O)Oc1ccc(C(C)ON2C(C)(C)CCCC2(C)C)cc1. The molecule has 1 heterocycles. The Morgan fingerprint density at radius 3 is 2.33 bits per heavy atom. The van der Waals surface area contributed by atoms with E-state index in [1.54, 1.807) is 12.1 Å². The van der Waals surface area contributed by atoms with E-state index in [0.717, 1.165) is 24.5 Å². The molecule has 1 amide bonds. The summed E-state index contributed by atoms with van der Waals surface area (Å²) in [6.07, 6.45) is 3.70. The standard InChI is InChI=1S/C23H34N2O5/c1-7-20(26)28-16-15-24-21(27)29-19-11-9-18(10-12-19)17(2)30-25-22(3,4)13-8-14-23(25,5)6/h7,9-12,17H,1,8,13-16H2,2-6H3,(H,24,27). The lowest BCUT2D eigenvalue weighted by Crippen LogP contribution is -2.58. The van der Waals surface area contributed by atoms with Gasteiger partial charge in [-0.3, -0.25) is 4.84 Å². The van der Waals surface area contributed by atoms with Crippen molar-refractivity contribution >= 4 is 12.1 Å². The molecule has 1 fully saturated rings. The van der Waals surface area contributed by atoms with Gasteiger partial charge in [-0.15, -0.1) is 0 Å². The fraction of sp³-hybridized carbons (Fsp3) is 0.565. The molecule has 1 unspecified atom stereocenters. The molecule has 1 aliphatic heterocycles. The molecule has 0 aromatic heterocycles. The molecular weight excluding hydrogens is 384 g/mol. The molecule has 1 aromatic rings. The summed E-state index contributed by atoms with van der Waals surface area (Å²) in [4.78, 5) is 29.1. The number of esters is 1. The number of rotatable bonds is 8. The summed E-state index contributed by atoms with van der Waals surface area (Å²) in [6.45, 7) is 14.4. The maximum absolute atomic E-state index is 11.8. The van der Waals surface area contributed by atoms with E-state index in [1.165, 1.54) is 6.42 Å². The second-order valence-electron chi connectivity index (χ2n) is 8.78. The summed E-state index contributed by atoms with van der Waals surface area (Å²) in [7, 11) is 0. The summed E-state index contributed by atoms with van der Waals surface area (Å²) in [6, 6.07) is 7.25. The molecule has 0 saturated carbocycles. The van der Waals surface area contributed by atoms with Crippen LogP contribution in [0.4, 0.5) is 4.79 Å². The van der Waals surface area contributed by atoms with Crippen molar-refractivity contribution < 1.29 is 23.9 Å². The molecule has 7 heteroatoms. The first-order valence-electron chi connectivity index (χ1n) is 10.4. The smallest absolute Gasteiger partial charge is 0.412 e. The van der Waals surface area contributed by atoms with E-state index in [2.05, 4.69) is 44.7 Å². The van der Waals surface area contributed by atoms with Crippen molar-refractivity contribution in [3.05, 3.63) is 42.5 Å². The van der Waals surface area contributed by atoms with Gasteiger partial charge in [-0.1, -0.05) is 18.7 Å². The van der Waals surface area contributed by atoms with E-state index in [4.69, 9.17) is 14.3 Å². The third kappa shape index (κ3) is 6.57. The number of hydroxylamine groups is 2. The van der Waals surface area contributed by atoms with Crippen LogP contribution < -0.4 is 10.1 Å². The van der Waals surface area contributed by atoms with Crippen molar-refractivity contribution in [2.24, 2.45) is 0 Å². The predicted molar refractivity (Wildman–Crippen MR) is 115 cm³/mol. The first-order valence-corrected chi connectivity index (χ1v) is 10.4. The third-order valence-corrected chi connectivity index (χ3v) is 5.28. The number of hydrogen-bond acceptors (Lipinski definition) is 6. The number of carbonyl (C=O) groups is 2. The van der Waals surface area contributed by atoms with Crippen LogP contribution in [0, 0.1) is 0 Å². The van der Waals surface area contributed by atoms with Gasteiger partial charge in [-0.25, -0.2) is 9.59 Å². The summed E-state index contributed by atoms with van der Waals surface area (Å²) in [5, 5.41) is 4.66. The third-order valence-electron chi connectivity index (χ3n) is 5.28. The van der Waals surface area contributed by atoms with Crippen LogP contribution in [0.25, 0.3) is 0 Å². The molecule has 0 spiro atoms. The fourth-order valence-electron chi connectivity index (χ4n) is 3.79. The van der Waals surface area contributed by atoms with Gasteiger partial charge in [-0.05, 0) is 71.6 Å². The first-order chi connectivity index (χ1) is 14.0. The lowest BCUT2D eigenvalue weighted by Gasteiger charge is -2.52. The van der Waals surface area contributed by atoms with Gasteiger partial charge < -0.3 is 14.8 Å². The van der Waals surface area contributed by atoms with Crippen LogP contribution in [0.5, 0.6) is 5.75 Å². The van der Waals surface area contributed by atoms with E-state index < -0.39 is 12.1 Å². The molecule has 2 rings (SSSR count).